The summed E-state index contributed by atoms with van der Waals surface area (Å²) in [6, 6.07) is 12.0. The molecule has 0 aromatic heterocycles. The highest BCUT2D eigenvalue weighted by atomic mass is 19.1. The summed E-state index contributed by atoms with van der Waals surface area (Å²) in [5.41, 5.74) is 0.970. The minimum Gasteiger partial charge on any atom is -0.494 e. The van der Waals surface area contributed by atoms with Crippen molar-refractivity contribution in [3.8, 4) is 5.75 Å². The first kappa shape index (κ1) is 20.9. The molecule has 148 valence electrons. The first-order valence-electron chi connectivity index (χ1n) is 8.70. The van der Waals surface area contributed by atoms with E-state index >= 15 is 0 Å². The van der Waals surface area contributed by atoms with Crippen LogP contribution >= 0.6 is 0 Å². The number of anilines is 2. The number of hydrogen-bond donors (Lipinski definition) is 2. The fraction of sp³-hybridized carbons (Fsp3) is 0.250. The standard InChI is InChI=1S/C20H21FN2O5/c1-2-27-17-9-7-16(8-10-17)23-19(25)13-28-20(26)12-11-18(24)22-15-5-3-14(21)4-6-15/h3-10H,2,11-13H2,1H3,(H,22,24)(H,23,25). The zero-order chi connectivity index (χ0) is 20.4. The van der Waals surface area contributed by atoms with E-state index in [2.05, 4.69) is 10.6 Å². The van der Waals surface area contributed by atoms with Crippen LogP contribution in [0.5, 0.6) is 5.75 Å². The lowest BCUT2D eigenvalue weighted by atomic mass is 10.2. The molecular formula is C20H21FN2O5. The summed E-state index contributed by atoms with van der Waals surface area (Å²) in [5.74, 6) is -1.30. The molecule has 2 aromatic carbocycles. The number of nitrogens with one attached hydrogen (secondary N) is 2. The van der Waals surface area contributed by atoms with E-state index in [1.165, 1.54) is 24.3 Å². The summed E-state index contributed by atoms with van der Waals surface area (Å²) in [6.45, 7) is 1.96. The summed E-state index contributed by atoms with van der Waals surface area (Å²) in [6.07, 6.45) is -0.292. The van der Waals surface area contributed by atoms with Gasteiger partial charge < -0.3 is 20.1 Å². The lowest BCUT2D eigenvalue weighted by Crippen LogP contribution is -2.21. The van der Waals surface area contributed by atoms with Gasteiger partial charge in [0.05, 0.1) is 13.0 Å². The van der Waals surface area contributed by atoms with E-state index in [-0.39, 0.29) is 12.8 Å². The number of carbonyl (C=O) groups is 3. The summed E-state index contributed by atoms with van der Waals surface area (Å²) in [4.78, 5) is 35.2. The number of amides is 2. The van der Waals surface area contributed by atoms with Gasteiger partial charge in [-0.3, -0.25) is 14.4 Å². The van der Waals surface area contributed by atoms with Gasteiger partial charge in [0.25, 0.3) is 5.91 Å². The maximum Gasteiger partial charge on any atom is 0.306 e. The quantitative estimate of drug-likeness (QED) is 0.644. The summed E-state index contributed by atoms with van der Waals surface area (Å²) < 4.78 is 23.0. The highest BCUT2D eigenvalue weighted by molar-refractivity contribution is 5.94. The average molecular weight is 388 g/mol. The summed E-state index contributed by atoms with van der Waals surface area (Å²) >= 11 is 0. The molecule has 0 radical (unpaired) electrons. The monoisotopic (exact) mass is 388 g/mol. The minimum atomic E-state index is -0.670. The molecule has 0 bridgehead atoms. The van der Waals surface area contributed by atoms with Crippen molar-refractivity contribution in [2.45, 2.75) is 19.8 Å². The zero-order valence-corrected chi connectivity index (χ0v) is 15.4. The van der Waals surface area contributed by atoms with Crippen LogP contribution in [0.2, 0.25) is 0 Å². The van der Waals surface area contributed by atoms with Gasteiger partial charge in [0, 0.05) is 17.8 Å². The molecule has 0 heterocycles. The molecule has 2 rings (SSSR count). The lowest BCUT2D eigenvalue weighted by molar-refractivity contribution is -0.147. The second-order valence-electron chi connectivity index (χ2n) is 5.72. The molecule has 0 aliphatic heterocycles. The van der Waals surface area contributed by atoms with Crippen molar-refractivity contribution in [3.63, 3.8) is 0 Å². The van der Waals surface area contributed by atoms with Gasteiger partial charge in [-0.2, -0.15) is 0 Å². The molecule has 0 aliphatic rings. The SMILES string of the molecule is CCOc1ccc(NC(=O)COC(=O)CCC(=O)Nc2ccc(F)cc2)cc1. The number of hydrogen-bond acceptors (Lipinski definition) is 5. The predicted octanol–water partition coefficient (Wildman–Crippen LogP) is 3.13. The normalized spacial score (nSPS) is 10.1. The highest BCUT2D eigenvalue weighted by Crippen LogP contribution is 2.15. The smallest absolute Gasteiger partial charge is 0.306 e. The van der Waals surface area contributed by atoms with Crippen molar-refractivity contribution in [3.05, 3.63) is 54.3 Å². The number of ether oxygens (including phenoxy) is 2. The van der Waals surface area contributed by atoms with Crippen LogP contribution in [0.3, 0.4) is 0 Å². The van der Waals surface area contributed by atoms with E-state index < -0.39 is 30.2 Å². The Balaban J connectivity index is 1.66. The molecular weight excluding hydrogens is 367 g/mol. The van der Waals surface area contributed by atoms with Crippen molar-refractivity contribution >= 4 is 29.2 Å². The first-order valence-corrected chi connectivity index (χ1v) is 8.70. The van der Waals surface area contributed by atoms with Crippen molar-refractivity contribution in [1.29, 1.82) is 0 Å². The Morgan fingerprint density at radius 3 is 2.04 bits per heavy atom. The van der Waals surface area contributed by atoms with Gasteiger partial charge in [-0.15, -0.1) is 0 Å². The molecule has 8 heteroatoms. The lowest BCUT2D eigenvalue weighted by Gasteiger charge is -2.08. The summed E-state index contributed by atoms with van der Waals surface area (Å²) in [7, 11) is 0. The topological polar surface area (TPSA) is 93.7 Å². The van der Waals surface area contributed by atoms with Gasteiger partial charge in [-0.1, -0.05) is 0 Å². The van der Waals surface area contributed by atoms with Crippen LogP contribution in [0.25, 0.3) is 0 Å². The van der Waals surface area contributed by atoms with Crippen LogP contribution in [0.4, 0.5) is 15.8 Å². The fourth-order valence-corrected chi connectivity index (χ4v) is 2.19. The van der Waals surface area contributed by atoms with E-state index in [9.17, 15) is 18.8 Å². The van der Waals surface area contributed by atoms with Gasteiger partial charge in [0.2, 0.25) is 5.91 Å². The Morgan fingerprint density at radius 1 is 0.857 bits per heavy atom. The second kappa shape index (κ2) is 10.7. The number of esters is 1. The average Bonchev–Trinajstić information content (AvgIpc) is 2.68. The van der Waals surface area contributed by atoms with Crippen molar-refractivity contribution in [2.24, 2.45) is 0 Å². The van der Waals surface area contributed by atoms with Gasteiger partial charge in [0.15, 0.2) is 6.61 Å². The van der Waals surface area contributed by atoms with Crippen LogP contribution in [0, 0.1) is 5.82 Å². The van der Waals surface area contributed by atoms with Gasteiger partial charge in [-0.25, -0.2) is 4.39 Å². The second-order valence-corrected chi connectivity index (χ2v) is 5.72. The molecule has 28 heavy (non-hydrogen) atoms. The van der Waals surface area contributed by atoms with E-state index in [4.69, 9.17) is 9.47 Å². The molecule has 0 unspecified atom stereocenters. The highest BCUT2D eigenvalue weighted by Gasteiger charge is 2.11. The maximum absolute atomic E-state index is 12.8. The number of halogens is 1. The number of rotatable bonds is 9. The van der Waals surface area contributed by atoms with Crippen molar-refractivity contribution in [2.75, 3.05) is 23.8 Å². The van der Waals surface area contributed by atoms with Crippen molar-refractivity contribution in [1.82, 2.24) is 0 Å². The zero-order valence-electron chi connectivity index (χ0n) is 15.4. The molecule has 7 nitrogen and oxygen atoms in total. The van der Waals surface area contributed by atoms with E-state index in [1.54, 1.807) is 24.3 Å². The molecule has 2 aromatic rings. The Hall–Kier alpha value is -3.42. The first-order chi connectivity index (χ1) is 13.5. The van der Waals surface area contributed by atoms with Gasteiger partial charge in [0.1, 0.15) is 11.6 Å². The third-order valence-electron chi connectivity index (χ3n) is 3.50. The fourth-order valence-electron chi connectivity index (χ4n) is 2.19. The molecule has 2 amide bonds. The Bertz CT molecular complexity index is 806. The molecule has 0 saturated heterocycles. The minimum absolute atomic E-state index is 0.114. The largest absolute Gasteiger partial charge is 0.494 e. The molecule has 0 atom stereocenters. The van der Waals surface area contributed by atoms with E-state index in [0.29, 0.717) is 23.7 Å². The van der Waals surface area contributed by atoms with Gasteiger partial charge in [-0.05, 0) is 55.5 Å². The molecule has 0 saturated carbocycles. The van der Waals surface area contributed by atoms with E-state index in [1.807, 2.05) is 6.92 Å². The van der Waals surface area contributed by atoms with Crippen LogP contribution in [0.1, 0.15) is 19.8 Å². The van der Waals surface area contributed by atoms with E-state index in [0.717, 1.165) is 0 Å². The Morgan fingerprint density at radius 2 is 1.43 bits per heavy atom. The predicted molar refractivity (Wildman–Crippen MR) is 101 cm³/mol. The van der Waals surface area contributed by atoms with Crippen LogP contribution in [-0.2, 0) is 19.1 Å². The molecule has 2 N–H and O–H groups in total. The van der Waals surface area contributed by atoms with Crippen molar-refractivity contribution < 1.29 is 28.2 Å². The van der Waals surface area contributed by atoms with Gasteiger partial charge >= 0.3 is 5.97 Å². The number of carbonyl (C=O) groups excluding carboxylic acids is 3. The third kappa shape index (κ3) is 7.45. The Kier molecular flexibility index (Phi) is 7.95. The maximum atomic E-state index is 12.8. The summed E-state index contributed by atoms with van der Waals surface area (Å²) in [5, 5.41) is 5.12. The molecule has 0 aliphatic carbocycles. The van der Waals surface area contributed by atoms with Crippen LogP contribution in [-0.4, -0.2) is 31.0 Å². The third-order valence-corrected chi connectivity index (χ3v) is 3.50. The van der Waals surface area contributed by atoms with Crippen LogP contribution in [0.15, 0.2) is 48.5 Å². The van der Waals surface area contributed by atoms with Crippen LogP contribution < -0.4 is 15.4 Å². The molecule has 0 spiro atoms. The molecule has 0 fully saturated rings. The Labute approximate surface area is 161 Å². The number of benzene rings is 2.